The first-order valence-electron chi connectivity index (χ1n) is 47.2. The van der Waals surface area contributed by atoms with Crippen LogP contribution in [0.1, 0.15) is 366 Å². The third kappa shape index (κ3) is 32.3. The minimum atomic E-state index is -0.472. The first-order chi connectivity index (χ1) is 56.6. The van der Waals surface area contributed by atoms with Crippen LogP contribution < -0.4 is 0 Å². The summed E-state index contributed by atoms with van der Waals surface area (Å²) < 4.78 is 37.2. The van der Waals surface area contributed by atoms with E-state index in [9.17, 15) is 43.2 Å². The van der Waals surface area contributed by atoms with Crippen molar-refractivity contribution in [1.29, 1.82) is 0 Å². The predicted molar refractivity (Wildman–Crippen MR) is 471 cm³/mol. The number of likely N-dealkylation sites (tertiary alicyclic amines) is 5. The topological polar surface area (TPSA) is 263 Å². The number of aldehydes is 2. The summed E-state index contributed by atoms with van der Waals surface area (Å²) in [6, 6.07) is 0. The van der Waals surface area contributed by atoms with Crippen molar-refractivity contribution in [1.82, 2.24) is 34.5 Å². The molecule has 5 amide bonds. The summed E-state index contributed by atoms with van der Waals surface area (Å²) >= 11 is 0. The lowest BCUT2D eigenvalue weighted by atomic mass is 9.61. The second-order valence-corrected chi connectivity index (χ2v) is 42.4. The van der Waals surface area contributed by atoms with Gasteiger partial charge in [0.1, 0.15) is 40.6 Å². The highest BCUT2D eigenvalue weighted by atomic mass is 16.6. The number of esters is 2. The van der Waals surface area contributed by atoms with Crippen LogP contribution in [0.15, 0.2) is 24.7 Å². The molecule has 5 saturated carbocycles. The molecule has 10 aliphatic rings. The summed E-state index contributed by atoms with van der Waals surface area (Å²) in [6.45, 7) is 35.8. The molecule has 23 nitrogen and oxygen atoms in total. The minimum absolute atomic E-state index is 0.00682. The molecule has 0 radical (unpaired) electrons. The van der Waals surface area contributed by atoms with E-state index in [1.807, 2.05) is 125 Å². The molecule has 120 heavy (non-hydrogen) atoms. The maximum atomic E-state index is 12.4. The normalized spacial score (nSPS) is 22.3. The van der Waals surface area contributed by atoms with Crippen LogP contribution in [0.5, 0.6) is 0 Å². The highest BCUT2D eigenvalue weighted by Crippen LogP contribution is 2.54. The number of aryl methyl sites for hydroxylation is 1. The van der Waals surface area contributed by atoms with Gasteiger partial charge in [-0.1, -0.05) is 102 Å². The maximum Gasteiger partial charge on any atom is 0.410 e. The second kappa shape index (κ2) is 46.5. The van der Waals surface area contributed by atoms with Crippen molar-refractivity contribution < 1.29 is 76.3 Å². The van der Waals surface area contributed by atoms with Crippen LogP contribution >= 0.6 is 0 Å². The molecule has 0 spiro atoms. The van der Waals surface area contributed by atoms with E-state index < -0.39 is 28.0 Å². The molecule has 23 heteroatoms. The number of carbonyl (C=O) groups excluding carboxylic acids is 9. The van der Waals surface area contributed by atoms with Crippen molar-refractivity contribution in [2.75, 3.05) is 79.7 Å². The van der Waals surface area contributed by atoms with Crippen molar-refractivity contribution in [3.05, 3.63) is 30.4 Å². The molecule has 0 atom stereocenters. The van der Waals surface area contributed by atoms with E-state index in [-0.39, 0.29) is 64.1 Å². The van der Waals surface area contributed by atoms with Crippen molar-refractivity contribution in [2.45, 2.75) is 395 Å². The average molecular weight is 1690 g/mol. The van der Waals surface area contributed by atoms with Crippen LogP contribution in [0, 0.1) is 56.7 Å². The molecule has 0 unspecified atom stereocenters. The zero-order chi connectivity index (χ0) is 88.1. The van der Waals surface area contributed by atoms with Crippen LogP contribution in [-0.2, 0) is 58.8 Å². The number of piperidine rings is 5. The Bertz CT molecular complexity index is 3290. The van der Waals surface area contributed by atoms with Crippen molar-refractivity contribution in [3.63, 3.8) is 0 Å². The molecule has 1 aromatic heterocycles. The van der Waals surface area contributed by atoms with E-state index in [2.05, 4.69) is 16.0 Å². The van der Waals surface area contributed by atoms with Crippen molar-refractivity contribution in [2.24, 2.45) is 56.7 Å². The van der Waals surface area contributed by atoms with Gasteiger partial charge in [-0.3, -0.25) is 4.79 Å². The third-order valence-electron chi connectivity index (χ3n) is 28.4. The number of aromatic nitrogens is 2. The lowest BCUT2D eigenvalue weighted by Crippen LogP contribution is -2.48. The van der Waals surface area contributed by atoms with E-state index in [1.165, 1.54) is 193 Å². The van der Waals surface area contributed by atoms with Gasteiger partial charge in [0.05, 0.1) is 20.5 Å². The largest absolute Gasteiger partial charge is 0.469 e. The number of nitrogens with one attached hydrogen (secondary N) is 1. The third-order valence-corrected chi connectivity index (χ3v) is 28.4. The van der Waals surface area contributed by atoms with E-state index in [4.69, 9.17) is 33.2 Å². The van der Waals surface area contributed by atoms with Crippen LogP contribution in [-0.4, -0.2) is 197 Å². The Balaban J connectivity index is 0.000000207. The Morgan fingerprint density at radius 2 is 0.667 bits per heavy atom. The number of H-pyrrole nitrogens is 1. The van der Waals surface area contributed by atoms with Crippen molar-refractivity contribution >= 4 is 55.0 Å². The summed E-state index contributed by atoms with van der Waals surface area (Å²) in [5.74, 6) is 2.89. The second-order valence-electron chi connectivity index (χ2n) is 42.4. The van der Waals surface area contributed by atoms with E-state index in [1.54, 1.807) is 22.2 Å². The molecular weight excluding hydrogens is 1520 g/mol. The number of hydrogen-bond donors (Lipinski definition) is 1. The van der Waals surface area contributed by atoms with Gasteiger partial charge in [0.2, 0.25) is 0 Å². The van der Waals surface area contributed by atoms with Crippen molar-refractivity contribution in [3.8, 4) is 0 Å². The average Bonchev–Trinajstić information content (AvgIpc) is 0.867. The standard InChI is InChI=1S/C21H35N3O2.C20H35NO4.C20H33NO4.C19H33NO3.C17H29NO3/c1-20(2,3)26-19(25)24-13-11-21(12-14-24,17-7-5-4-6-8-17)10-9-18-15-22-16-23-18;2*1-19(2,3)25-18(23)21-14-12-20(13-15-21,11-10-17(22)24-4)16-8-6-5-7-9-16;1-18(2,3)23-17(22)20-13-11-19(12-14-20,10-7-15-21)16-8-5-4-6-9-16;1-16(2,3)21-15(20)18-11-9-17(13-19,10-12-18)14-7-5-4-6-8-14/h15-17H,4-14H2,1-3H3,(H,22,23);16H,5-15H2,1-4H3;10-11,16H,5-9,12-15H2,1-4H3;15-16H,4-14H2,1-3H3;13-14H,4-12H2,1-3H3/b;;11-10+;;. The molecule has 0 aromatic carbocycles. The van der Waals surface area contributed by atoms with Gasteiger partial charge in [-0.25, -0.2) is 33.8 Å². The lowest BCUT2D eigenvalue weighted by molar-refractivity contribution is -0.142. The Morgan fingerprint density at radius 3 is 0.942 bits per heavy atom. The maximum absolute atomic E-state index is 12.4. The fourth-order valence-corrected chi connectivity index (χ4v) is 21.6. The van der Waals surface area contributed by atoms with E-state index in [0.717, 1.165) is 141 Å². The number of carbonyl (C=O) groups is 9. The monoisotopic (exact) mass is 1680 g/mol. The quantitative estimate of drug-likeness (QED) is 0.0657. The van der Waals surface area contributed by atoms with Gasteiger partial charge in [0.25, 0.3) is 0 Å². The highest BCUT2D eigenvalue weighted by molar-refractivity contribution is 5.82. The number of amides is 5. The lowest BCUT2D eigenvalue weighted by Gasteiger charge is -2.48. The summed E-state index contributed by atoms with van der Waals surface area (Å²) in [5.41, 5.74) is -0.417. The molecule has 684 valence electrons. The Kier molecular flexibility index (Phi) is 39.0. The molecule has 10 fully saturated rings. The first kappa shape index (κ1) is 101. The summed E-state index contributed by atoms with van der Waals surface area (Å²) in [5, 5.41) is 0. The number of rotatable bonds is 17. The minimum Gasteiger partial charge on any atom is -0.469 e. The van der Waals surface area contributed by atoms with E-state index in [0.29, 0.717) is 62.2 Å². The Labute approximate surface area is 723 Å². The first-order valence-corrected chi connectivity index (χ1v) is 47.2. The van der Waals surface area contributed by atoms with Gasteiger partial charge in [0, 0.05) is 102 Å². The fourth-order valence-electron chi connectivity index (χ4n) is 21.6. The Hall–Kier alpha value is -6.42. The smallest absolute Gasteiger partial charge is 0.410 e. The number of methoxy groups -OCH3 is 2. The summed E-state index contributed by atoms with van der Waals surface area (Å²) in [7, 11) is 2.87. The zero-order valence-electron chi connectivity index (χ0n) is 78.1. The Morgan fingerprint density at radius 1 is 0.383 bits per heavy atom. The molecule has 5 saturated heterocycles. The summed E-state index contributed by atoms with van der Waals surface area (Å²) in [4.78, 5) is 124. The fraction of sp³-hybridized carbons (Fsp3) is 0.856. The molecule has 5 aliphatic heterocycles. The molecular formula is C97H165N7O16. The van der Waals surface area contributed by atoms with Crippen LogP contribution in [0.3, 0.4) is 0 Å². The number of imidazole rings is 1. The number of nitrogens with zero attached hydrogens (tertiary/aromatic N) is 6. The van der Waals surface area contributed by atoms with E-state index >= 15 is 0 Å². The van der Waals surface area contributed by atoms with Gasteiger partial charge >= 0.3 is 42.4 Å². The van der Waals surface area contributed by atoms with Gasteiger partial charge in [-0.2, -0.15) is 0 Å². The molecule has 5 aliphatic carbocycles. The molecule has 6 heterocycles. The molecule has 1 N–H and O–H groups in total. The zero-order valence-corrected chi connectivity index (χ0v) is 78.1. The van der Waals surface area contributed by atoms with Crippen LogP contribution in [0.25, 0.3) is 0 Å². The molecule has 1 aromatic rings. The number of hydrogen-bond acceptors (Lipinski definition) is 17. The SMILES string of the molecule is CC(C)(C)OC(=O)N1CCC(C=O)(C2CCCCC2)CC1.CC(C)(C)OC(=O)N1CCC(CCC=O)(C2CCCCC2)CC1.CC(C)(C)OC(=O)N1CCC(CCc2cnc[nH]2)(C2CCCCC2)CC1.COC(=O)/C=C/C1(C2CCCCC2)CCN(C(=O)OC(C)(C)C)CC1.COC(=O)CCC1(C2CCCCC2)CCN(C(=O)OC(C)(C)C)CC1. The van der Waals surface area contributed by atoms with Gasteiger partial charge in [0.15, 0.2) is 0 Å². The number of aromatic amines is 1. The van der Waals surface area contributed by atoms with Gasteiger partial charge < -0.3 is 72.2 Å². The van der Waals surface area contributed by atoms with Gasteiger partial charge in [-0.15, -0.1) is 0 Å². The number of ether oxygens (including phenoxy) is 7. The number of allylic oxidation sites excluding steroid dienone is 1. The molecule has 0 bridgehead atoms. The summed E-state index contributed by atoms with van der Waals surface area (Å²) in [6.07, 6.45) is 55.6. The predicted octanol–water partition coefficient (Wildman–Crippen LogP) is 22.1. The van der Waals surface area contributed by atoms with Crippen LogP contribution in [0.4, 0.5) is 24.0 Å². The molecule has 11 rings (SSSR count). The van der Waals surface area contributed by atoms with Gasteiger partial charge in [-0.05, 0) is 309 Å². The highest BCUT2D eigenvalue weighted by Gasteiger charge is 2.49. The van der Waals surface area contributed by atoms with Crippen LogP contribution in [0.2, 0.25) is 0 Å².